The third-order valence-electron chi connectivity index (χ3n) is 4.63. The van der Waals surface area contributed by atoms with E-state index in [0.717, 1.165) is 48.7 Å². The fourth-order valence-electron chi connectivity index (χ4n) is 3.28. The number of rotatable bonds is 4. The molecule has 0 saturated carbocycles. The first-order valence-electron chi connectivity index (χ1n) is 8.27. The van der Waals surface area contributed by atoms with Crippen molar-refractivity contribution in [1.29, 1.82) is 0 Å². The van der Waals surface area contributed by atoms with E-state index >= 15 is 0 Å². The molecule has 128 valence electrons. The fourth-order valence-corrected chi connectivity index (χ4v) is 3.39. The Balaban J connectivity index is 1.75. The molecule has 1 fully saturated rings. The van der Waals surface area contributed by atoms with Gasteiger partial charge in [-0.05, 0) is 64.0 Å². The van der Waals surface area contributed by atoms with Gasteiger partial charge in [0.15, 0.2) is 0 Å². The second-order valence-corrected chi connectivity index (χ2v) is 6.78. The molecule has 1 atom stereocenters. The number of aromatic nitrogens is 2. The molecule has 1 aliphatic heterocycles. The summed E-state index contributed by atoms with van der Waals surface area (Å²) in [5.41, 5.74) is 3.34. The first kappa shape index (κ1) is 17.0. The van der Waals surface area contributed by atoms with Crippen LogP contribution >= 0.6 is 11.6 Å². The van der Waals surface area contributed by atoms with Gasteiger partial charge >= 0.3 is 0 Å². The third kappa shape index (κ3) is 3.19. The molecule has 2 aromatic rings. The predicted molar refractivity (Wildman–Crippen MR) is 96.0 cm³/mol. The lowest BCUT2D eigenvalue weighted by molar-refractivity contribution is 0.0787. The van der Waals surface area contributed by atoms with Gasteiger partial charge in [-0.1, -0.05) is 11.6 Å². The van der Waals surface area contributed by atoms with Crippen molar-refractivity contribution in [3.63, 3.8) is 0 Å². The molecule has 1 N–H and O–H groups in total. The number of halogens is 1. The van der Waals surface area contributed by atoms with Crippen LogP contribution in [0.1, 0.15) is 28.2 Å². The van der Waals surface area contributed by atoms with Gasteiger partial charge in [-0.15, -0.1) is 0 Å². The van der Waals surface area contributed by atoms with Gasteiger partial charge in [0.1, 0.15) is 0 Å². The molecule has 1 amide bonds. The highest BCUT2D eigenvalue weighted by Crippen LogP contribution is 2.23. The summed E-state index contributed by atoms with van der Waals surface area (Å²) in [5.74, 6) is 0.654. The molecule has 0 spiro atoms. The number of likely N-dealkylation sites (tertiary alicyclic amines) is 1. The SMILES string of the molecule is CNCC1CCN(C(=O)c2ccc(-n3nc(C)c(Cl)c3C)cc2)C1. The maximum absolute atomic E-state index is 12.6. The van der Waals surface area contributed by atoms with Crippen LogP contribution in [0.15, 0.2) is 24.3 Å². The largest absolute Gasteiger partial charge is 0.338 e. The van der Waals surface area contributed by atoms with Gasteiger partial charge in [-0.2, -0.15) is 5.10 Å². The topological polar surface area (TPSA) is 50.2 Å². The average molecular weight is 347 g/mol. The van der Waals surface area contributed by atoms with Gasteiger partial charge in [0, 0.05) is 18.7 Å². The Morgan fingerprint density at radius 3 is 2.62 bits per heavy atom. The predicted octanol–water partition coefficient (Wildman–Crippen LogP) is 2.82. The standard InChI is InChI=1S/C18H23ClN4O/c1-12-17(19)13(2)23(21-12)16-6-4-15(5-7-16)18(24)22-9-8-14(11-22)10-20-3/h4-7,14,20H,8-11H2,1-3H3. The van der Waals surface area contributed by atoms with E-state index in [1.165, 1.54) is 0 Å². The van der Waals surface area contributed by atoms with E-state index in [-0.39, 0.29) is 5.91 Å². The van der Waals surface area contributed by atoms with Crippen LogP contribution in [0.3, 0.4) is 0 Å². The van der Waals surface area contributed by atoms with Gasteiger partial charge in [0.2, 0.25) is 0 Å². The van der Waals surface area contributed by atoms with Crippen molar-refractivity contribution in [3.05, 3.63) is 46.2 Å². The van der Waals surface area contributed by atoms with E-state index in [2.05, 4.69) is 10.4 Å². The number of aryl methyl sites for hydroxylation is 1. The molecule has 1 unspecified atom stereocenters. The Kier molecular flexibility index (Phi) is 4.92. The quantitative estimate of drug-likeness (QED) is 0.926. The zero-order chi connectivity index (χ0) is 17.3. The van der Waals surface area contributed by atoms with Crippen molar-refractivity contribution >= 4 is 17.5 Å². The van der Waals surface area contributed by atoms with Crippen LogP contribution in [0.5, 0.6) is 0 Å². The Hall–Kier alpha value is -1.85. The molecule has 5 nitrogen and oxygen atoms in total. The summed E-state index contributed by atoms with van der Waals surface area (Å²) in [7, 11) is 1.95. The highest BCUT2D eigenvalue weighted by molar-refractivity contribution is 6.31. The van der Waals surface area contributed by atoms with E-state index in [0.29, 0.717) is 10.9 Å². The van der Waals surface area contributed by atoms with Gasteiger partial charge in [-0.3, -0.25) is 4.79 Å². The van der Waals surface area contributed by atoms with Gasteiger partial charge < -0.3 is 10.2 Å². The molecule has 2 heterocycles. The highest BCUT2D eigenvalue weighted by atomic mass is 35.5. The second-order valence-electron chi connectivity index (χ2n) is 6.41. The summed E-state index contributed by atoms with van der Waals surface area (Å²) in [6.45, 7) is 6.45. The minimum Gasteiger partial charge on any atom is -0.338 e. The van der Waals surface area contributed by atoms with Crippen LogP contribution in [-0.2, 0) is 0 Å². The molecule has 3 rings (SSSR count). The maximum atomic E-state index is 12.6. The molecule has 1 aromatic carbocycles. The second kappa shape index (κ2) is 6.95. The summed E-state index contributed by atoms with van der Waals surface area (Å²) in [6, 6.07) is 7.58. The van der Waals surface area contributed by atoms with Gasteiger partial charge in [0.25, 0.3) is 5.91 Å². The lowest BCUT2D eigenvalue weighted by Gasteiger charge is -2.17. The summed E-state index contributed by atoms with van der Waals surface area (Å²) >= 11 is 6.21. The summed E-state index contributed by atoms with van der Waals surface area (Å²) in [6.07, 6.45) is 1.06. The normalized spacial score (nSPS) is 17.5. The van der Waals surface area contributed by atoms with E-state index in [9.17, 15) is 4.79 Å². The molecular weight excluding hydrogens is 324 g/mol. The Morgan fingerprint density at radius 1 is 1.33 bits per heavy atom. The number of amides is 1. The number of hydrogen-bond donors (Lipinski definition) is 1. The number of carbonyl (C=O) groups is 1. The molecular formula is C18H23ClN4O. The van der Waals surface area contributed by atoms with Crippen LogP contribution < -0.4 is 5.32 Å². The van der Waals surface area contributed by atoms with Crippen molar-refractivity contribution in [1.82, 2.24) is 20.0 Å². The van der Waals surface area contributed by atoms with Gasteiger partial charge in [-0.25, -0.2) is 4.68 Å². The first-order valence-corrected chi connectivity index (χ1v) is 8.65. The van der Waals surface area contributed by atoms with E-state index in [1.807, 2.05) is 54.7 Å². The number of benzene rings is 1. The van der Waals surface area contributed by atoms with Crippen LogP contribution in [0, 0.1) is 19.8 Å². The molecule has 0 bridgehead atoms. The third-order valence-corrected chi connectivity index (χ3v) is 5.17. The van der Waals surface area contributed by atoms with E-state index < -0.39 is 0 Å². The zero-order valence-electron chi connectivity index (χ0n) is 14.3. The van der Waals surface area contributed by atoms with E-state index in [1.54, 1.807) is 0 Å². The molecule has 0 radical (unpaired) electrons. The zero-order valence-corrected chi connectivity index (χ0v) is 15.1. The average Bonchev–Trinajstić information content (AvgIpc) is 3.15. The van der Waals surface area contributed by atoms with Crippen LogP contribution in [-0.4, -0.2) is 47.3 Å². The Labute approximate surface area is 147 Å². The monoisotopic (exact) mass is 346 g/mol. The Bertz CT molecular complexity index is 738. The number of hydrogen-bond acceptors (Lipinski definition) is 3. The van der Waals surface area contributed by atoms with E-state index in [4.69, 9.17) is 11.6 Å². The van der Waals surface area contributed by atoms with Crippen molar-refractivity contribution < 1.29 is 4.79 Å². The van der Waals surface area contributed by atoms with Crippen molar-refractivity contribution in [2.45, 2.75) is 20.3 Å². The van der Waals surface area contributed by atoms with Crippen molar-refractivity contribution in [2.24, 2.45) is 5.92 Å². The first-order chi connectivity index (χ1) is 11.5. The minimum atomic E-state index is 0.103. The summed E-state index contributed by atoms with van der Waals surface area (Å²) < 4.78 is 1.81. The van der Waals surface area contributed by atoms with Gasteiger partial charge in [0.05, 0.1) is 22.1 Å². The van der Waals surface area contributed by atoms with Crippen LogP contribution in [0.2, 0.25) is 5.02 Å². The number of nitrogens with one attached hydrogen (secondary N) is 1. The molecule has 1 aliphatic rings. The molecule has 24 heavy (non-hydrogen) atoms. The molecule has 0 aliphatic carbocycles. The maximum Gasteiger partial charge on any atom is 0.253 e. The minimum absolute atomic E-state index is 0.103. The smallest absolute Gasteiger partial charge is 0.253 e. The summed E-state index contributed by atoms with van der Waals surface area (Å²) in [4.78, 5) is 14.6. The lowest BCUT2D eigenvalue weighted by Crippen LogP contribution is -2.30. The van der Waals surface area contributed by atoms with Crippen LogP contribution in [0.4, 0.5) is 0 Å². The fraction of sp³-hybridized carbons (Fsp3) is 0.444. The molecule has 1 saturated heterocycles. The number of nitrogens with zero attached hydrogens (tertiary/aromatic N) is 3. The summed E-state index contributed by atoms with van der Waals surface area (Å²) in [5, 5.41) is 8.32. The van der Waals surface area contributed by atoms with Crippen molar-refractivity contribution in [3.8, 4) is 5.69 Å². The Morgan fingerprint density at radius 2 is 2.04 bits per heavy atom. The van der Waals surface area contributed by atoms with Crippen LogP contribution in [0.25, 0.3) is 5.69 Å². The highest BCUT2D eigenvalue weighted by Gasteiger charge is 2.26. The lowest BCUT2D eigenvalue weighted by atomic mass is 10.1. The molecule has 1 aromatic heterocycles. The van der Waals surface area contributed by atoms with Crippen molar-refractivity contribution in [2.75, 3.05) is 26.7 Å². The number of carbonyl (C=O) groups excluding carboxylic acids is 1. The molecule has 6 heteroatoms.